The van der Waals surface area contributed by atoms with E-state index in [4.69, 9.17) is 0 Å². The molecule has 0 nitrogen and oxygen atoms in total. The van der Waals surface area contributed by atoms with Gasteiger partial charge in [0.1, 0.15) is 0 Å². The lowest BCUT2D eigenvalue weighted by atomic mass is 9.77. The van der Waals surface area contributed by atoms with Crippen molar-refractivity contribution in [1.29, 1.82) is 0 Å². The van der Waals surface area contributed by atoms with Gasteiger partial charge in [-0.1, -0.05) is 37.6 Å². The summed E-state index contributed by atoms with van der Waals surface area (Å²) in [5, 5.41) is 0. The van der Waals surface area contributed by atoms with Gasteiger partial charge in [0.2, 0.25) is 0 Å². The normalized spacial score (nSPS) is 27.0. The van der Waals surface area contributed by atoms with E-state index >= 15 is 0 Å². The summed E-state index contributed by atoms with van der Waals surface area (Å²) >= 11 is 0. The lowest BCUT2D eigenvalue weighted by Gasteiger charge is -2.28. The van der Waals surface area contributed by atoms with Gasteiger partial charge in [-0.3, -0.25) is 0 Å². The van der Waals surface area contributed by atoms with Crippen LogP contribution in [-0.2, 0) is 12.8 Å². The zero-order chi connectivity index (χ0) is 9.42. The van der Waals surface area contributed by atoms with Crippen LogP contribution in [0, 0.1) is 18.8 Å². The first kappa shape index (κ1) is 8.80. The first-order valence-electron chi connectivity index (χ1n) is 5.25. The molecule has 0 heterocycles. The van der Waals surface area contributed by atoms with E-state index < -0.39 is 0 Å². The van der Waals surface area contributed by atoms with E-state index in [0.717, 1.165) is 11.8 Å². The molecule has 13 heavy (non-hydrogen) atoms. The van der Waals surface area contributed by atoms with Gasteiger partial charge in [0.05, 0.1) is 0 Å². The molecule has 1 aliphatic rings. The van der Waals surface area contributed by atoms with Crippen molar-refractivity contribution in [2.75, 3.05) is 0 Å². The first-order chi connectivity index (χ1) is 6.16. The van der Waals surface area contributed by atoms with Crippen LogP contribution in [0.4, 0.5) is 0 Å². The topological polar surface area (TPSA) is 0 Å². The molecule has 1 aromatic rings. The minimum absolute atomic E-state index is 0.856. The Morgan fingerprint density at radius 1 is 1.00 bits per heavy atom. The zero-order valence-electron chi connectivity index (χ0n) is 8.80. The van der Waals surface area contributed by atoms with Gasteiger partial charge < -0.3 is 0 Å². The summed E-state index contributed by atoms with van der Waals surface area (Å²) in [6.07, 6.45) is 2.55. The number of hydrogen-bond donors (Lipinski definition) is 0. The van der Waals surface area contributed by atoms with Crippen molar-refractivity contribution < 1.29 is 0 Å². The molecular weight excluding hydrogens is 156 g/mol. The Balaban J connectivity index is 2.37. The van der Waals surface area contributed by atoms with Crippen molar-refractivity contribution in [2.45, 2.75) is 33.6 Å². The second-order valence-corrected chi connectivity index (χ2v) is 4.63. The summed E-state index contributed by atoms with van der Waals surface area (Å²) in [6.45, 7) is 6.92. The Hall–Kier alpha value is -0.780. The smallest absolute Gasteiger partial charge is 0.0248 e. The minimum Gasteiger partial charge on any atom is -0.0619 e. The molecule has 0 N–H and O–H groups in total. The summed E-state index contributed by atoms with van der Waals surface area (Å²) in [7, 11) is 0. The Bertz CT molecular complexity index is 312. The predicted molar refractivity (Wildman–Crippen MR) is 56.9 cm³/mol. The molecule has 1 aliphatic carbocycles. The Morgan fingerprint density at radius 3 is 2.31 bits per heavy atom. The van der Waals surface area contributed by atoms with Gasteiger partial charge in [0.25, 0.3) is 0 Å². The summed E-state index contributed by atoms with van der Waals surface area (Å²) in [4.78, 5) is 0. The molecule has 2 atom stereocenters. The van der Waals surface area contributed by atoms with Crippen LogP contribution in [0.1, 0.15) is 30.5 Å². The molecule has 0 aromatic heterocycles. The van der Waals surface area contributed by atoms with E-state index in [1.54, 1.807) is 11.1 Å². The molecule has 0 aliphatic heterocycles. The van der Waals surface area contributed by atoms with E-state index in [0.29, 0.717) is 0 Å². The standard InChI is InChI=1S/C13H18/c1-9-4-5-12-7-10(2)11(3)8-13(12)6-9/h4-6,10-11H,7-8H2,1-3H3. The number of rotatable bonds is 0. The lowest BCUT2D eigenvalue weighted by molar-refractivity contribution is 0.361. The molecule has 0 saturated heterocycles. The maximum atomic E-state index is 2.37. The number of aryl methyl sites for hydroxylation is 1. The van der Waals surface area contributed by atoms with Crippen LogP contribution in [-0.4, -0.2) is 0 Å². The van der Waals surface area contributed by atoms with Crippen LogP contribution in [0.15, 0.2) is 18.2 Å². The van der Waals surface area contributed by atoms with E-state index in [-0.39, 0.29) is 0 Å². The molecule has 0 saturated carbocycles. The van der Waals surface area contributed by atoms with Crippen molar-refractivity contribution in [3.63, 3.8) is 0 Å². The molecule has 2 unspecified atom stereocenters. The summed E-state index contributed by atoms with van der Waals surface area (Å²) < 4.78 is 0. The van der Waals surface area contributed by atoms with Gasteiger partial charge in [-0.2, -0.15) is 0 Å². The fourth-order valence-corrected chi connectivity index (χ4v) is 2.24. The van der Waals surface area contributed by atoms with Crippen LogP contribution >= 0.6 is 0 Å². The maximum absolute atomic E-state index is 2.37. The third-order valence-corrected chi connectivity index (χ3v) is 3.42. The molecule has 70 valence electrons. The molecule has 0 heteroatoms. The van der Waals surface area contributed by atoms with Gasteiger partial charge in [0.15, 0.2) is 0 Å². The molecule has 2 rings (SSSR count). The van der Waals surface area contributed by atoms with Gasteiger partial charge in [-0.05, 0) is 42.7 Å². The SMILES string of the molecule is Cc1ccc2c(c1)CC(C)C(C)C2. The highest BCUT2D eigenvalue weighted by Gasteiger charge is 2.21. The average molecular weight is 174 g/mol. The molecule has 0 bridgehead atoms. The van der Waals surface area contributed by atoms with Crippen molar-refractivity contribution >= 4 is 0 Å². The highest BCUT2D eigenvalue weighted by molar-refractivity contribution is 5.34. The second kappa shape index (κ2) is 3.17. The van der Waals surface area contributed by atoms with Crippen LogP contribution < -0.4 is 0 Å². The molecule has 1 aromatic carbocycles. The second-order valence-electron chi connectivity index (χ2n) is 4.63. The van der Waals surface area contributed by atoms with Crippen LogP contribution in [0.5, 0.6) is 0 Å². The first-order valence-corrected chi connectivity index (χ1v) is 5.25. The predicted octanol–water partition coefficient (Wildman–Crippen LogP) is 3.37. The van der Waals surface area contributed by atoms with E-state index in [9.17, 15) is 0 Å². The fourth-order valence-electron chi connectivity index (χ4n) is 2.24. The van der Waals surface area contributed by atoms with Crippen molar-refractivity contribution in [3.8, 4) is 0 Å². The summed E-state index contributed by atoms with van der Waals surface area (Å²) in [5.41, 5.74) is 4.57. The Labute approximate surface area is 81.0 Å². The largest absolute Gasteiger partial charge is 0.0619 e. The van der Waals surface area contributed by atoms with Crippen molar-refractivity contribution in [2.24, 2.45) is 11.8 Å². The molecule has 0 radical (unpaired) electrons. The quantitative estimate of drug-likeness (QED) is 0.565. The molecule has 0 amide bonds. The monoisotopic (exact) mass is 174 g/mol. The number of hydrogen-bond acceptors (Lipinski definition) is 0. The Morgan fingerprint density at radius 2 is 1.62 bits per heavy atom. The maximum Gasteiger partial charge on any atom is -0.0248 e. The Kier molecular flexibility index (Phi) is 2.15. The van der Waals surface area contributed by atoms with Crippen LogP contribution in [0.3, 0.4) is 0 Å². The van der Waals surface area contributed by atoms with Gasteiger partial charge in [0, 0.05) is 0 Å². The van der Waals surface area contributed by atoms with Crippen LogP contribution in [0.25, 0.3) is 0 Å². The third kappa shape index (κ3) is 1.63. The van der Waals surface area contributed by atoms with Crippen molar-refractivity contribution in [3.05, 3.63) is 34.9 Å². The summed E-state index contributed by atoms with van der Waals surface area (Å²) in [5.74, 6) is 1.71. The number of fused-ring (bicyclic) bond motifs is 1. The highest BCUT2D eigenvalue weighted by Crippen LogP contribution is 2.29. The molecular formula is C13H18. The molecule has 0 fully saturated rings. The van der Waals surface area contributed by atoms with Gasteiger partial charge >= 0.3 is 0 Å². The van der Waals surface area contributed by atoms with E-state index in [2.05, 4.69) is 39.0 Å². The van der Waals surface area contributed by atoms with Gasteiger partial charge in [-0.15, -0.1) is 0 Å². The number of benzene rings is 1. The minimum atomic E-state index is 0.856. The fraction of sp³-hybridized carbons (Fsp3) is 0.538. The average Bonchev–Trinajstić information content (AvgIpc) is 2.08. The van der Waals surface area contributed by atoms with Crippen molar-refractivity contribution in [1.82, 2.24) is 0 Å². The highest BCUT2D eigenvalue weighted by atomic mass is 14.3. The third-order valence-electron chi connectivity index (χ3n) is 3.42. The van der Waals surface area contributed by atoms with E-state index in [1.807, 2.05) is 0 Å². The summed E-state index contributed by atoms with van der Waals surface area (Å²) in [6, 6.07) is 6.91. The lowest BCUT2D eigenvalue weighted by Crippen LogP contribution is -2.20. The van der Waals surface area contributed by atoms with Gasteiger partial charge in [-0.25, -0.2) is 0 Å². The van der Waals surface area contributed by atoms with Crippen LogP contribution in [0.2, 0.25) is 0 Å². The zero-order valence-corrected chi connectivity index (χ0v) is 8.80. The van der Waals surface area contributed by atoms with E-state index in [1.165, 1.54) is 18.4 Å². The molecule has 0 spiro atoms.